The van der Waals surface area contributed by atoms with Crippen molar-refractivity contribution in [1.82, 2.24) is 20.2 Å². The SMILES string of the molecule is O=C1NC2(CCOCC2)N2CC(Nc3cc(NC(=O)C4CC4)ncn3)=CC(Cl)=C12. The average molecular weight is 417 g/mol. The summed E-state index contributed by atoms with van der Waals surface area (Å²) in [6.07, 6.45) is 6.40. The second-order valence-electron chi connectivity index (χ2n) is 7.73. The van der Waals surface area contributed by atoms with E-state index >= 15 is 0 Å². The van der Waals surface area contributed by atoms with Crippen LogP contribution in [0.4, 0.5) is 11.6 Å². The maximum atomic E-state index is 12.5. The first-order valence-corrected chi connectivity index (χ1v) is 10.1. The molecule has 2 amide bonds. The van der Waals surface area contributed by atoms with Crippen molar-refractivity contribution in [3.63, 3.8) is 0 Å². The summed E-state index contributed by atoms with van der Waals surface area (Å²) in [6.45, 7) is 1.66. The molecule has 29 heavy (non-hydrogen) atoms. The molecule has 3 aliphatic heterocycles. The van der Waals surface area contributed by atoms with Crippen LogP contribution in [0.3, 0.4) is 0 Å². The number of amides is 2. The Balaban J connectivity index is 1.35. The summed E-state index contributed by atoms with van der Waals surface area (Å²) < 4.78 is 5.48. The second-order valence-corrected chi connectivity index (χ2v) is 8.13. The lowest BCUT2D eigenvalue weighted by Gasteiger charge is -2.43. The van der Waals surface area contributed by atoms with Crippen LogP contribution in [0.25, 0.3) is 0 Å². The van der Waals surface area contributed by atoms with Crippen molar-refractivity contribution in [2.24, 2.45) is 5.92 Å². The molecule has 10 heteroatoms. The number of anilines is 2. The molecule has 3 fully saturated rings. The average Bonchev–Trinajstić information content (AvgIpc) is 3.50. The van der Waals surface area contributed by atoms with Crippen molar-refractivity contribution in [2.75, 3.05) is 30.4 Å². The predicted octanol–water partition coefficient (Wildman–Crippen LogP) is 1.52. The molecule has 9 nitrogen and oxygen atoms in total. The molecule has 0 unspecified atom stereocenters. The number of rotatable bonds is 4. The van der Waals surface area contributed by atoms with Crippen molar-refractivity contribution < 1.29 is 14.3 Å². The normalized spacial score (nSPS) is 22.9. The van der Waals surface area contributed by atoms with Crippen LogP contribution in [-0.4, -0.2) is 52.1 Å². The molecule has 4 heterocycles. The van der Waals surface area contributed by atoms with E-state index in [2.05, 4.69) is 25.9 Å². The first-order valence-electron chi connectivity index (χ1n) is 9.72. The van der Waals surface area contributed by atoms with E-state index in [1.54, 1.807) is 12.1 Å². The van der Waals surface area contributed by atoms with E-state index < -0.39 is 5.66 Å². The van der Waals surface area contributed by atoms with Gasteiger partial charge in [-0.25, -0.2) is 9.97 Å². The lowest BCUT2D eigenvalue weighted by molar-refractivity contribution is -0.118. The zero-order chi connectivity index (χ0) is 20.0. The standard InChI is InChI=1S/C19H21ClN6O3/c20-13-7-12(9-26-16(13)18(28)25-19(26)3-5-29-6-4-19)23-14-8-15(22-10-21-14)24-17(27)11-1-2-11/h7-8,10-11H,1-6,9H2,(H,25,28)(H2,21,22,23,24,27). The van der Waals surface area contributed by atoms with Crippen LogP contribution in [0.15, 0.2) is 34.9 Å². The van der Waals surface area contributed by atoms with Gasteiger partial charge < -0.3 is 25.6 Å². The van der Waals surface area contributed by atoms with Crippen molar-refractivity contribution in [2.45, 2.75) is 31.3 Å². The molecule has 3 N–H and O–H groups in total. The molecule has 1 spiro atoms. The minimum atomic E-state index is -0.471. The van der Waals surface area contributed by atoms with Crippen LogP contribution < -0.4 is 16.0 Å². The van der Waals surface area contributed by atoms with Crippen LogP contribution in [0.2, 0.25) is 0 Å². The van der Waals surface area contributed by atoms with Crippen LogP contribution in [-0.2, 0) is 14.3 Å². The van der Waals surface area contributed by atoms with Crippen molar-refractivity contribution in [1.29, 1.82) is 0 Å². The number of hydrogen-bond acceptors (Lipinski definition) is 7. The van der Waals surface area contributed by atoms with Gasteiger partial charge in [0, 0.05) is 30.5 Å². The van der Waals surface area contributed by atoms with Gasteiger partial charge in [-0.05, 0) is 18.9 Å². The Kier molecular flexibility index (Phi) is 4.44. The van der Waals surface area contributed by atoms with E-state index in [-0.39, 0.29) is 17.7 Å². The molecular weight excluding hydrogens is 396 g/mol. The fraction of sp³-hybridized carbons (Fsp3) is 0.474. The Bertz CT molecular complexity index is 936. The number of fused-ring (bicyclic) bond motifs is 2. The second kappa shape index (κ2) is 7.00. The van der Waals surface area contributed by atoms with E-state index in [0.29, 0.717) is 55.0 Å². The number of allylic oxidation sites excluding steroid dienone is 2. The van der Waals surface area contributed by atoms with Gasteiger partial charge in [0.2, 0.25) is 5.91 Å². The minimum Gasteiger partial charge on any atom is -0.381 e. The third-order valence-corrected chi connectivity index (χ3v) is 5.97. The number of nitrogens with zero attached hydrogens (tertiary/aromatic N) is 3. The quantitative estimate of drug-likeness (QED) is 0.682. The van der Waals surface area contributed by atoms with Gasteiger partial charge in [0.25, 0.3) is 5.91 Å². The molecule has 4 aliphatic rings. The Morgan fingerprint density at radius 1 is 1.28 bits per heavy atom. The summed E-state index contributed by atoms with van der Waals surface area (Å²) in [7, 11) is 0. The van der Waals surface area contributed by atoms with Gasteiger partial charge in [-0.15, -0.1) is 0 Å². The van der Waals surface area contributed by atoms with Crippen molar-refractivity contribution >= 4 is 35.1 Å². The molecule has 2 saturated heterocycles. The Hall–Kier alpha value is -2.65. The number of nitrogens with one attached hydrogen (secondary N) is 3. The van der Waals surface area contributed by atoms with Gasteiger partial charge in [-0.2, -0.15) is 0 Å². The molecule has 1 saturated carbocycles. The lowest BCUT2D eigenvalue weighted by Crippen LogP contribution is -2.56. The number of ether oxygens (including phenoxy) is 1. The summed E-state index contributed by atoms with van der Waals surface area (Å²) in [5, 5.41) is 9.55. The molecule has 1 aromatic heterocycles. The lowest BCUT2D eigenvalue weighted by atomic mass is 9.98. The molecule has 5 rings (SSSR count). The number of carbonyl (C=O) groups is 2. The summed E-state index contributed by atoms with van der Waals surface area (Å²) in [5.41, 5.74) is 0.833. The third-order valence-electron chi connectivity index (χ3n) is 5.68. The number of hydrogen-bond donors (Lipinski definition) is 3. The topological polar surface area (TPSA) is 108 Å². The fourth-order valence-electron chi connectivity index (χ4n) is 3.99. The highest BCUT2D eigenvalue weighted by atomic mass is 35.5. The van der Waals surface area contributed by atoms with E-state index in [9.17, 15) is 9.59 Å². The van der Waals surface area contributed by atoms with Gasteiger partial charge in [-0.3, -0.25) is 9.59 Å². The molecule has 0 bridgehead atoms. The highest BCUT2D eigenvalue weighted by Crippen LogP contribution is 2.39. The zero-order valence-corrected chi connectivity index (χ0v) is 16.5. The van der Waals surface area contributed by atoms with Crippen molar-refractivity contribution in [3.8, 4) is 0 Å². The first kappa shape index (κ1) is 18.4. The summed E-state index contributed by atoms with van der Waals surface area (Å²) >= 11 is 6.46. The summed E-state index contributed by atoms with van der Waals surface area (Å²) in [5.74, 6) is 0.937. The zero-order valence-electron chi connectivity index (χ0n) is 15.7. The maximum absolute atomic E-state index is 12.5. The van der Waals surface area contributed by atoms with Crippen molar-refractivity contribution in [3.05, 3.63) is 34.9 Å². The largest absolute Gasteiger partial charge is 0.381 e. The Labute approximate surface area is 172 Å². The van der Waals surface area contributed by atoms with E-state index in [0.717, 1.165) is 18.5 Å². The predicted molar refractivity (Wildman–Crippen MR) is 106 cm³/mol. The first-order chi connectivity index (χ1) is 14.0. The molecule has 1 aromatic rings. The molecule has 1 aliphatic carbocycles. The van der Waals surface area contributed by atoms with Gasteiger partial charge in [0.15, 0.2) is 0 Å². The Morgan fingerprint density at radius 3 is 2.79 bits per heavy atom. The molecule has 0 radical (unpaired) electrons. The molecular formula is C19H21ClN6O3. The van der Waals surface area contributed by atoms with Crippen LogP contribution in [0.5, 0.6) is 0 Å². The van der Waals surface area contributed by atoms with Crippen LogP contribution in [0, 0.1) is 5.92 Å². The highest BCUT2D eigenvalue weighted by molar-refractivity contribution is 6.33. The molecule has 0 aromatic carbocycles. The third kappa shape index (κ3) is 3.44. The summed E-state index contributed by atoms with van der Waals surface area (Å²) in [6, 6.07) is 1.69. The number of aromatic nitrogens is 2. The summed E-state index contributed by atoms with van der Waals surface area (Å²) in [4.78, 5) is 34.9. The Morgan fingerprint density at radius 2 is 2.03 bits per heavy atom. The molecule has 0 atom stereocenters. The molecule has 152 valence electrons. The fourth-order valence-corrected chi connectivity index (χ4v) is 4.31. The van der Waals surface area contributed by atoms with Gasteiger partial charge in [0.05, 0.1) is 24.8 Å². The van der Waals surface area contributed by atoms with Gasteiger partial charge >= 0.3 is 0 Å². The highest BCUT2D eigenvalue weighted by Gasteiger charge is 2.50. The van der Waals surface area contributed by atoms with E-state index in [1.165, 1.54) is 6.33 Å². The smallest absolute Gasteiger partial charge is 0.271 e. The van der Waals surface area contributed by atoms with E-state index in [4.69, 9.17) is 16.3 Å². The maximum Gasteiger partial charge on any atom is 0.271 e. The van der Waals surface area contributed by atoms with E-state index in [1.807, 2.05) is 4.90 Å². The van der Waals surface area contributed by atoms with Gasteiger partial charge in [-0.1, -0.05) is 11.6 Å². The van der Waals surface area contributed by atoms with Crippen LogP contribution in [0.1, 0.15) is 25.7 Å². The number of halogens is 1. The monoisotopic (exact) mass is 416 g/mol. The minimum absolute atomic E-state index is 0.00901. The number of carbonyl (C=O) groups excluding carboxylic acids is 2. The van der Waals surface area contributed by atoms with Crippen LogP contribution >= 0.6 is 11.6 Å². The van der Waals surface area contributed by atoms with Gasteiger partial charge in [0.1, 0.15) is 29.3 Å².